The van der Waals surface area contributed by atoms with E-state index in [2.05, 4.69) is 0 Å². The molecule has 0 aliphatic carbocycles. The summed E-state index contributed by atoms with van der Waals surface area (Å²) in [6, 6.07) is 4.58. The lowest BCUT2D eigenvalue weighted by Crippen LogP contribution is -2.42. The first-order valence-electron chi connectivity index (χ1n) is 6.25. The maximum absolute atomic E-state index is 12.7. The molecule has 0 unspecified atom stereocenters. The number of hydrogen-bond acceptors (Lipinski definition) is 4. The third-order valence-electron chi connectivity index (χ3n) is 3.62. The van der Waals surface area contributed by atoms with Gasteiger partial charge in [0, 0.05) is 18.2 Å². The molecule has 0 aromatic heterocycles. The number of hydrogen-bond donors (Lipinski definition) is 1. The van der Waals surface area contributed by atoms with Crippen LogP contribution in [0, 0.1) is 0 Å². The average molecular weight is 284 g/mol. The predicted octanol–water partition coefficient (Wildman–Crippen LogP) is 1.84. The Kier molecular flexibility index (Phi) is 3.49. The third kappa shape index (κ3) is 2.42. The largest absolute Gasteiger partial charge is 0.495 e. The van der Waals surface area contributed by atoms with Crippen molar-refractivity contribution in [2.24, 2.45) is 0 Å². The Morgan fingerprint density at radius 1 is 1.37 bits per heavy atom. The van der Waals surface area contributed by atoms with Crippen molar-refractivity contribution in [3.63, 3.8) is 0 Å². The van der Waals surface area contributed by atoms with E-state index in [0.29, 0.717) is 18.0 Å². The Hall–Kier alpha value is -1.27. The molecule has 6 heteroatoms. The number of rotatable bonds is 3. The van der Waals surface area contributed by atoms with Crippen LogP contribution in [0.15, 0.2) is 23.1 Å². The van der Waals surface area contributed by atoms with Gasteiger partial charge in [-0.2, -0.15) is 4.31 Å². The van der Waals surface area contributed by atoms with Gasteiger partial charge in [0.05, 0.1) is 17.7 Å². The summed E-state index contributed by atoms with van der Waals surface area (Å²) < 4.78 is 32.0. The van der Waals surface area contributed by atoms with Gasteiger partial charge in [-0.15, -0.1) is 0 Å². The van der Waals surface area contributed by atoms with Crippen LogP contribution in [0.4, 0.5) is 5.69 Å². The molecule has 0 radical (unpaired) electrons. The molecule has 19 heavy (non-hydrogen) atoms. The second-order valence-electron chi connectivity index (χ2n) is 5.40. The molecule has 1 aliphatic rings. The SMILES string of the molecule is COc1cc(S(=O)(=O)N2CCCC2(C)C)ccc1N. The first kappa shape index (κ1) is 14.1. The number of anilines is 1. The quantitative estimate of drug-likeness (QED) is 0.860. The van der Waals surface area contributed by atoms with Crippen molar-refractivity contribution in [3.8, 4) is 5.75 Å². The lowest BCUT2D eigenvalue weighted by Gasteiger charge is -2.30. The van der Waals surface area contributed by atoms with Crippen molar-refractivity contribution in [2.45, 2.75) is 37.1 Å². The molecule has 106 valence electrons. The Balaban J connectivity index is 2.45. The number of nitrogen functional groups attached to an aromatic ring is 1. The summed E-state index contributed by atoms with van der Waals surface area (Å²) in [5.41, 5.74) is 5.81. The van der Waals surface area contributed by atoms with Crippen LogP contribution < -0.4 is 10.5 Å². The van der Waals surface area contributed by atoms with Gasteiger partial charge in [0.25, 0.3) is 0 Å². The maximum Gasteiger partial charge on any atom is 0.243 e. The summed E-state index contributed by atoms with van der Waals surface area (Å²) in [5, 5.41) is 0. The van der Waals surface area contributed by atoms with Crippen molar-refractivity contribution in [2.75, 3.05) is 19.4 Å². The number of nitrogens with zero attached hydrogens (tertiary/aromatic N) is 1. The zero-order valence-electron chi connectivity index (χ0n) is 11.5. The van der Waals surface area contributed by atoms with Gasteiger partial charge >= 0.3 is 0 Å². The number of benzene rings is 1. The van der Waals surface area contributed by atoms with Crippen LogP contribution in [0.5, 0.6) is 5.75 Å². The summed E-state index contributed by atoms with van der Waals surface area (Å²) in [6.07, 6.45) is 1.76. The van der Waals surface area contributed by atoms with E-state index in [9.17, 15) is 8.42 Å². The Morgan fingerprint density at radius 2 is 2.05 bits per heavy atom. The highest BCUT2D eigenvalue weighted by molar-refractivity contribution is 7.89. The fourth-order valence-electron chi connectivity index (χ4n) is 2.51. The van der Waals surface area contributed by atoms with Gasteiger partial charge < -0.3 is 10.5 Å². The number of sulfonamides is 1. The maximum atomic E-state index is 12.7. The summed E-state index contributed by atoms with van der Waals surface area (Å²) >= 11 is 0. The highest BCUT2D eigenvalue weighted by Crippen LogP contribution is 2.35. The van der Waals surface area contributed by atoms with Crippen LogP contribution >= 0.6 is 0 Å². The average Bonchev–Trinajstić information content (AvgIpc) is 2.70. The van der Waals surface area contributed by atoms with Crippen LogP contribution in [-0.4, -0.2) is 31.9 Å². The normalized spacial score (nSPS) is 19.5. The highest BCUT2D eigenvalue weighted by Gasteiger charge is 2.40. The molecule has 1 saturated heterocycles. The molecule has 0 bridgehead atoms. The first-order chi connectivity index (χ1) is 8.79. The lowest BCUT2D eigenvalue weighted by molar-refractivity contribution is 0.291. The summed E-state index contributed by atoms with van der Waals surface area (Å²) in [6.45, 7) is 4.46. The summed E-state index contributed by atoms with van der Waals surface area (Å²) in [4.78, 5) is 0.230. The van der Waals surface area contributed by atoms with E-state index in [0.717, 1.165) is 12.8 Å². The Bertz CT molecular complexity index is 582. The van der Waals surface area contributed by atoms with E-state index >= 15 is 0 Å². The number of ether oxygens (including phenoxy) is 1. The lowest BCUT2D eigenvalue weighted by atomic mass is 10.0. The van der Waals surface area contributed by atoms with Gasteiger partial charge in [-0.05, 0) is 38.8 Å². The van der Waals surface area contributed by atoms with E-state index < -0.39 is 10.0 Å². The monoisotopic (exact) mass is 284 g/mol. The van der Waals surface area contributed by atoms with Crippen LogP contribution in [0.1, 0.15) is 26.7 Å². The molecule has 0 atom stereocenters. The summed E-state index contributed by atoms with van der Waals surface area (Å²) in [5.74, 6) is 0.387. The molecule has 1 fully saturated rings. The molecule has 1 aliphatic heterocycles. The van der Waals surface area contributed by atoms with Crippen molar-refractivity contribution in [1.82, 2.24) is 4.31 Å². The van der Waals surface area contributed by atoms with E-state index in [1.165, 1.54) is 19.2 Å². The molecule has 1 aromatic carbocycles. The van der Waals surface area contributed by atoms with Crippen LogP contribution in [0.2, 0.25) is 0 Å². The predicted molar refractivity (Wildman–Crippen MR) is 74.6 cm³/mol. The second-order valence-corrected chi connectivity index (χ2v) is 7.26. The van der Waals surface area contributed by atoms with Gasteiger partial charge in [0.2, 0.25) is 10.0 Å². The minimum atomic E-state index is -3.50. The summed E-state index contributed by atoms with van der Waals surface area (Å²) in [7, 11) is -2.02. The molecular formula is C13H20N2O3S. The molecule has 0 spiro atoms. The minimum absolute atomic E-state index is 0.230. The zero-order valence-corrected chi connectivity index (χ0v) is 12.3. The van der Waals surface area contributed by atoms with Crippen LogP contribution in [0.3, 0.4) is 0 Å². The number of methoxy groups -OCH3 is 1. The molecule has 0 saturated carbocycles. The Labute approximate surface area is 114 Å². The molecule has 2 N–H and O–H groups in total. The minimum Gasteiger partial charge on any atom is -0.495 e. The van der Waals surface area contributed by atoms with E-state index in [1.807, 2.05) is 13.8 Å². The van der Waals surface area contributed by atoms with Gasteiger partial charge in [-0.3, -0.25) is 0 Å². The number of nitrogens with two attached hydrogens (primary N) is 1. The van der Waals surface area contributed by atoms with Crippen LogP contribution in [0.25, 0.3) is 0 Å². The highest BCUT2D eigenvalue weighted by atomic mass is 32.2. The molecule has 5 nitrogen and oxygen atoms in total. The Morgan fingerprint density at radius 3 is 2.58 bits per heavy atom. The molecule has 1 heterocycles. The molecule has 0 amide bonds. The zero-order chi connectivity index (χ0) is 14.3. The van der Waals surface area contributed by atoms with Crippen molar-refractivity contribution in [1.29, 1.82) is 0 Å². The standard InChI is InChI=1S/C13H20N2O3S/c1-13(2)7-4-8-15(13)19(16,17)10-5-6-11(14)12(9-10)18-3/h5-6,9H,4,7-8,14H2,1-3H3. The fraction of sp³-hybridized carbons (Fsp3) is 0.538. The smallest absolute Gasteiger partial charge is 0.243 e. The third-order valence-corrected chi connectivity index (χ3v) is 5.72. The van der Waals surface area contributed by atoms with Gasteiger partial charge in [0.1, 0.15) is 5.75 Å². The second kappa shape index (κ2) is 4.68. The molecular weight excluding hydrogens is 264 g/mol. The van der Waals surface area contributed by atoms with Gasteiger partial charge in [0.15, 0.2) is 0 Å². The van der Waals surface area contributed by atoms with Crippen molar-refractivity contribution >= 4 is 15.7 Å². The van der Waals surface area contributed by atoms with E-state index in [4.69, 9.17) is 10.5 Å². The van der Waals surface area contributed by atoms with Crippen LogP contribution in [-0.2, 0) is 10.0 Å². The van der Waals surface area contributed by atoms with E-state index in [1.54, 1.807) is 10.4 Å². The topological polar surface area (TPSA) is 72.6 Å². The van der Waals surface area contributed by atoms with Crippen molar-refractivity contribution < 1.29 is 13.2 Å². The molecule has 2 rings (SSSR count). The fourth-order valence-corrected chi connectivity index (χ4v) is 4.37. The molecule has 1 aromatic rings. The first-order valence-corrected chi connectivity index (χ1v) is 7.69. The van der Waals surface area contributed by atoms with Gasteiger partial charge in [-0.25, -0.2) is 8.42 Å². The van der Waals surface area contributed by atoms with E-state index in [-0.39, 0.29) is 10.4 Å². The van der Waals surface area contributed by atoms with Gasteiger partial charge in [-0.1, -0.05) is 0 Å². The van der Waals surface area contributed by atoms with Crippen molar-refractivity contribution in [3.05, 3.63) is 18.2 Å².